The lowest BCUT2D eigenvalue weighted by atomic mass is 10.3. The molecule has 0 saturated heterocycles. The molecule has 1 saturated carbocycles. The molecule has 3 aromatic rings. The Morgan fingerprint density at radius 2 is 1.77 bits per heavy atom. The molecule has 1 aromatic heterocycles. The van der Waals surface area contributed by atoms with E-state index in [4.69, 9.17) is 9.72 Å². The van der Waals surface area contributed by atoms with Crippen molar-refractivity contribution in [2.24, 2.45) is 0 Å². The molecule has 134 valence electrons. The topological polar surface area (TPSA) is 60.2 Å². The van der Waals surface area contributed by atoms with E-state index in [-0.39, 0.29) is 6.61 Å². The van der Waals surface area contributed by atoms with Crippen LogP contribution in [0.1, 0.15) is 24.6 Å². The number of ether oxygens (including phenoxy) is 1. The number of rotatable bonds is 8. The standard InChI is InChI=1S/C20H21N3O2S/c24-17(13-25-18-9-5-2-6-10-18)14-26-20-21-19(15-11-12-15)23(22-20)16-7-3-1-4-8-16/h1-10,15,17,24H,11-14H2/t17-/m1/s1. The molecule has 0 radical (unpaired) electrons. The first-order valence-corrected chi connectivity index (χ1v) is 9.79. The molecule has 26 heavy (non-hydrogen) atoms. The van der Waals surface area contributed by atoms with Crippen LogP contribution >= 0.6 is 11.8 Å². The molecule has 1 aliphatic carbocycles. The van der Waals surface area contributed by atoms with E-state index in [1.165, 1.54) is 24.6 Å². The van der Waals surface area contributed by atoms with E-state index in [1.807, 2.05) is 65.3 Å². The number of hydrogen-bond acceptors (Lipinski definition) is 5. The molecule has 1 aliphatic rings. The Morgan fingerprint density at radius 1 is 1.08 bits per heavy atom. The Kier molecular flexibility index (Phi) is 5.22. The Morgan fingerprint density at radius 3 is 2.46 bits per heavy atom. The molecule has 0 amide bonds. The van der Waals surface area contributed by atoms with Crippen molar-refractivity contribution in [2.75, 3.05) is 12.4 Å². The Labute approximate surface area is 157 Å². The van der Waals surface area contributed by atoms with Crippen molar-refractivity contribution in [3.05, 3.63) is 66.5 Å². The van der Waals surface area contributed by atoms with Crippen molar-refractivity contribution in [3.8, 4) is 11.4 Å². The van der Waals surface area contributed by atoms with Gasteiger partial charge in [-0.2, -0.15) is 0 Å². The second-order valence-corrected chi connectivity index (χ2v) is 7.35. The fourth-order valence-corrected chi connectivity index (χ4v) is 3.39. The van der Waals surface area contributed by atoms with Gasteiger partial charge in [-0.15, -0.1) is 5.10 Å². The summed E-state index contributed by atoms with van der Waals surface area (Å²) in [5.41, 5.74) is 1.03. The monoisotopic (exact) mass is 367 g/mol. The zero-order valence-electron chi connectivity index (χ0n) is 14.4. The highest BCUT2D eigenvalue weighted by Crippen LogP contribution is 2.40. The molecule has 0 aliphatic heterocycles. The lowest BCUT2D eigenvalue weighted by Crippen LogP contribution is -2.20. The van der Waals surface area contributed by atoms with Gasteiger partial charge in [0, 0.05) is 11.7 Å². The minimum atomic E-state index is -0.576. The Bertz CT molecular complexity index is 835. The fourth-order valence-electron chi connectivity index (χ4n) is 2.66. The third-order valence-corrected chi connectivity index (χ3v) is 5.13. The zero-order chi connectivity index (χ0) is 17.8. The summed E-state index contributed by atoms with van der Waals surface area (Å²) in [4.78, 5) is 4.70. The maximum atomic E-state index is 10.2. The summed E-state index contributed by atoms with van der Waals surface area (Å²) in [6.07, 6.45) is 1.76. The van der Waals surface area contributed by atoms with Gasteiger partial charge in [-0.05, 0) is 37.1 Å². The molecule has 0 unspecified atom stereocenters. The normalized spacial score (nSPS) is 15.0. The fraction of sp³-hybridized carbons (Fsp3) is 0.300. The molecule has 1 heterocycles. The van der Waals surface area contributed by atoms with Crippen molar-refractivity contribution in [2.45, 2.75) is 30.0 Å². The number of aliphatic hydroxyl groups excluding tert-OH is 1. The molecule has 4 rings (SSSR count). The molecule has 0 spiro atoms. The van der Waals surface area contributed by atoms with E-state index in [0.717, 1.165) is 17.3 Å². The van der Waals surface area contributed by atoms with E-state index < -0.39 is 6.10 Å². The Balaban J connectivity index is 1.37. The number of benzene rings is 2. The predicted octanol–water partition coefficient (Wildman–Crippen LogP) is 3.68. The lowest BCUT2D eigenvalue weighted by Gasteiger charge is -2.10. The average molecular weight is 367 g/mol. The molecule has 1 N–H and O–H groups in total. The highest BCUT2D eigenvalue weighted by Gasteiger charge is 2.30. The van der Waals surface area contributed by atoms with Crippen LogP contribution in [0.5, 0.6) is 5.75 Å². The number of hydrogen-bond donors (Lipinski definition) is 1. The number of aliphatic hydroxyl groups is 1. The van der Waals surface area contributed by atoms with E-state index in [9.17, 15) is 5.11 Å². The van der Waals surface area contributed by atoms with Crippen LogP contribution in [0.4, 0.5) is 0 Å². The van der Waals surface area contributed by atoms with Crippen LogP contribution in [0.2, 0.25) is 0 Å². The van der Waals surface area contributed by atoms with Crippen LogP contribution in [0.25, 0.3) is 5.69 Å². The number of nitrogens with zero attached hydrogens (tertiary/aromatic N) is 3. The number of aromatic nitrogens is 3. The third-order valence-electron chi connectivity index (χ3n) is 4.15. The van der Waals surface area contributed by atoms with Crippen molar-refractivity contribution in [3.63, 3.8) is 0 Å². The van der Waals surface area contributed by atoms with E-state index >= 15 is 0 Å². The first kappa shape index (κ1) is 17.1. The SMILES string of the molecule is O[C@H](COc1ccccc1)CSc1nc(C2CC2)n(-c2ccccc2)n1. The maximum absolute atomic E-state index is 10.2. The maximum Gasteiger partial charge on any atom is 0.209 e. The summed E-state index contributed by atoms with van der Waals surface area (Å²) in [7, 11) is 0. The number of thioether (sulfide) groups is 1. The third kappa shape index (κ3) is 4.26. The van der Waals surface area contributed by atoms with Gasteiger partial charge < -0.3 is 9.84 Å². The van der Waals surface area contributed by atoms with Crippen LogP contribution in [-0.4, -0.2) is 38.3 Å². The van der Waals surface area contributed by atoms with Crippen LogP contribution in [0, 0.1) is 0 Å². The Hall–Kier alpha value is -2.31. The minimum Gasteiger partial charge on any atom is -0.491 e. The van der Waals surface area contributed by atoms with Gasteiger partial charge >= 0.3 is 0 Å². The van der Waals surface area contributed by atoms with Gasteiger partial charge in [0.1, 0.15) is 18.2 Å². The zero-order valence-corrected chi connectivity index (χ0v) is 15.2. The highest BCUT2D eigenvalue weighted by atomic mass is 32.2. The molecule has 1 atom stereocenters. The first-order valence-electron chi connectivity index (χ1n) is 8.80. The van der Waals surface area contributed by atoms with Crippen LogP contribution < -0.4 is 4.74 Å². The molecule has 6 heteroatoms. The summed E-state index contributed by atoms with van der Waals surface area (Å²) in [6, 6.07) is 19.6. The van der Waals surface area contributed by atoms with Crippen molar-refractivity contribution in [1.29, 1.82) is 0 Å². The van der Waals surface area contributed by atoms with Crippen LogP contribution in [-0.2, 0) is 0 Å². The van der Waals surface area contributed by atoms with Crippen LogP contribution in [0.3, 0.4) is 0 Å². The average Bonchev–Trinajstić information content (AvgIpc) is 3.45. The van der Waals surface area contributed by atoms with Gasteiger partial charge in [-0.3, -0.25) is 0 Å². The van der Waals surface area contributed by atoms with Gasteiger partial charge in [-0.25, -0.2) is 9.67 Å². The van der Waals surface area contributed by atoms with E-state index in [2.05, 4.69) is 5.10 Å². The molecule has 5 nitrogen and oxygen atoms in total. The summed E-state index contributed by atoms with van der Waals surface area (Å²) < 4.78 is 7.53. The lowest BCUT2D eigenvalue weighted by molar-refractivity contribution is 0.126. The second-order valence-electron chi connectivity index (χ2n) is 6.36. The summed E-state index contributed by atoms with van der Waals surface area (Å²) in [5.74, 6) is 2.78. The van der Waals surface area contributed by atoms with Crippen LogP contribution in [0.15, 0.2) is 65.8 Å². The van der Waals surface area contributed by atoms with E-state index in [1.54, 1.807) is 0 Å². The molecule has 0 bridgehead atoms. The van der Waals surface area contributed by atoms with Gasteiger partial charge in [0.15, 0.2) is 0 Å². The molecular weight excluding hydrogens is 346 g/mol. The van der Waals surface area contributed by atoms with Gasteiger partial charge in [0.2, 0.25) is 5.16 Å². The van der Waals surface area contributed by atoms with Crippen molar-refractivity contribution >= 4 is 11.8 Å². The van der Waals surface area contributed by atoms with Gasteiger partial charge in [0.05, 0.1) is 11.8 Å². The number of para-hydroxylation sites is 2. The van der Waals surface area contributed by atoms with Gasteiger partial charge in [-0.1, -0.05) is 48.2 Å². The minimum absolute atomic E-state index is 0.256. The van der Waals surface area contributed by atoms with E-state index in [0.29, 0.717) is 16.8 Å². The molecule has 2 aromatic carbocycles. The van der Waals surface area contributed by atoms with Crippen molar-refractivity contribution in [1.82, 2.24) is 14.8 Å². The molecular formula is C20H21N3O2S. The quantitative estimate of drug-likeness (QED) is 0.616. The predicted molar refractivity (Wildman–Crippen MR) is 102 cm³/mol. The van der Waals surface area contributed by atoms with Crippen molar-refractivity contribution < 1.29 is 9.84 Å². The summed E-state index contributed by atoms with van der Waals surface area (Å²) >= 11 is 1.47. The van der Waals surface area contributed by atoms with Gasteiger partial charge in [0.25, 0.3) is 0 Å². The molecule has 1 fully saturated rings. The smallest absolute Gasteiger partial charge is 0.209 e. The largest absolute Gasteiger partial charge is 0.491 e. The highest BCUT2D eigenvalue weighted by molar-refractivity contribution is 7.99. The summed E-state index contributed by atoms with van der Waals surface area (Å²) in [6.45, 7) is 0.256. The second kappa shape index (κ2) is 7.93. The first-order chi connectivity index (χ1) is 12.8. The summed E-state index contributed by atoms with van der Waals surface area (Å²) in [5, 5.41) is 15.5.